The zero-order valence-corrected chi connectivity index (χ0v) is 10.6. The van der Waals surface area contributed by atoms with E-state index in [0.717, 1.165) is 12.8 Å². The van der Waals surface area contributed by atoms with Crippen molar-refractivity contribution in [1.29, 1.82) is 0 Å². The summed E-state index contributed by atoms with van der Waals surface area (Å²) in [6.45, 7) is 4.30. The van der Waals surface area contributed by atoms with Crippen molar-refractivity contribution in [1.82, 2.24) is 4.90 Å². The number of hydrogen-bond donors (Lipinski definition) is 1. The van der Waals surface area contributed by atoms with E-state index in [2.05, 4.69) is 6.58 Å². The number of unbranched alkanes of at least 4 members (excludes halogenated alkanes) is 1. The largest absolute Gasteiger partial charge is 0.506 e. The summed E-state index contributed by atoms with van der Waals surface area (Å²) in [7, 11) is 1.74. The molecule has 0 aliphatic rings. The molecule has 1 rings (SSSR count). The van der Waals surface area contributed by atoms with Crippen LogP contribution >= 0.6 is 11.6 Å². The molecule has 4 heteroatoms. The standard InChI is InChI=1S/C13H16ClNO2/c1-3-4-5-8-15(2)13(17)10-6-7-12(16)11(14)9-10/h3,6-7,9,16H,1,4-5,8H2,2H3. The second-order valence-corrected chi connectivity index (χ2v) is 4.23. The molecule has 1 N–H and O–H groups in total. The minimum Gasteiger partial charge on any atom is -0.506 e. The molecule has 1 aromatic rings. The van der Waals surface area contributed by atoms with E-state index in [4.69, 9.17) is 11.6 Å². The van der Waals surface area contributed by atoms with Gasteiger partial charge in [0, 0.05) is 19.2 Å². The van der Waals surface area contributed by atoms with Gasteiger partial charge < -0.3 is 10.0 Å². The summed E-state index contributed by atoms with van der Waals surface area (Å²) < 4.78 is 0. The molecule has 0 aliphatic heterocycles. The van der Waals surface area contributed by atoms with Crippen LogP contribution in [-0.2, 0) is 0 Å². The molecule has 0 saturated carbocycles. The van der Waals surface area contributed by atoms with Crippen molar-refractivity contribution in [2.24, 2.45) is 0 Å². The fourth-order valence-electron chi connectivity index (χ4n) is 1.43. The van der Waals surface area contributed by atoms with Crippen LogP contribution in [0.3, 0.4) is 0 Å². The predicted molar refractivity (Wildman–Crippen MR) is 69.5 cm³/mol. The van der Waals surface area contributed by atoms with E-state index in [0.29, 0.717) is 12.1 Å². The number of phenolic OH excluding ortho intramolecular Hbond substituents is 1. The SMILES string of the molecule is C=CCCCN(C)C(=O)c1ccc(O)c(Cl)c1. The average Bonchev–Trinajstić information content (AvgIpc) is 2.32. The number of carbonyl (C=O) groups is 1. The molecule has 0 spiro atoms. The van der Waals surface area contributed by atoms with Crippen molar-refractivity contribution in [3.05, 3.63) is 41.4 Å². The molecule has 0 fully saturated rings. The highest BCUT2D eigenvalue weighted by molar-refractivity contribution is 6.32. The highest BCUT2D eigenvalue weighted by Gasteiger charge is 2.12. The Bertz CT molecular complexity index is 418. The minimum atomic E-state index is -0.101. The Morgan fingerprint density at radius 2 is 2.29 bits per heavy atom. The first-order chi connectivity index (χ1) is 8.06. The third-order valence-corrected chi connectivity index (χ3v) is 2.75. The third kappa shape index (κ3) is 3.79. The van der Waals surface area contributed by atoms with Crippen molar-refractivity contribution in [2.75, 3.05) is 13.6 Å². The molecular weight excluding hydrogens is 238 g/mol. The second-order valence-electron chi connectivity index (χ2n) is 3.82. The first-order valence-electron chi connectivity index (χ1n) is 5.41. The summed E-state index contributed by atoms with van der Waals surface area (Å²) in [4.78, 5) is 13.6. The number of carbonyl (C=O) groups excluding carboxylic acids is 1. The van der Waals surface area contributed by atoms with Gasteiger partial charge in [-0.1, -0.05) is 17.7 Å². The third-order valence-electron chi connectivity index (χ3n) is 2.44. The maximum atomic E-state index is 12.0. The molecule has 1 amide bonds. The van der Waals surface area contributed by atoms with Gasteiger partial charge in [-0.05, 0) is 31.0 Å². The Morgan fingerprint density at radius 3 is 2.88 bits per heavy atom. The monoisotopic (exact) mass is 253 g/mol. The Kier molecular flexibility index (Phi) is 5.04. The maximum absolute atomic E-state index is 12.0. The van der Waals surface area contributed by atoms with Crippen LogP contribution in [0.25, 0.3) is 0 Å². The number of hydrogen-bond acceptors (Lipinski definition) is 2. The van der Waals surface area contributed by atoms with Crippen LogP contribution in [0.1, 0.15) is 23.2 Å². The summed E-state index contributed by atoms with van der Waals surface area (Å²) >= 11 is 5.76. The predicted octanol–water partition coefficient (Wildman–Crippen LogP) is 3.08. The molecule has 0 heterocycles. The van der Waals surface area contributed by atoms with Gasteiger partial charge in [0.15, 0.2) is 0 Å². The molecule has 0 saturated heterocycles. The lowest BCUT2D eigenvalue weighted by Gasteiger charge is -2.16. The van der Waals surface area contributed by atoms with Crippen LogP contribution in [0.5, 0.6) is 5.75 Å². The van der Waals surface area contributed by atoms with E-state index in [1.54, 1.807) is 18.0 Å². The van der Waals surface area contributed by atoms with Crippen molar-refractivity contribution in [3.63, 3.8) is 0 Å². The normalized spacial score (nSPS) is 10.0. The van der Waals surface area contributed by atoms with Crippen LogP contribution in [-0.4, -0.2) is 29.5 Å². The Labute approximate surface area is 106 Å². The fourth-order valence-corrected chi connectivity index (χ4v) is 1.62. The Hall–Kier alpha value is -1.48. The molecule has 17 heavy (non-hydrogen) atoms. The van der Waals surface area contributed by atoms with Gasteiger partial charge in [0.05, 0.1) is 5.02 Å². The zero-order valence-electron chi connectivity index (χ0n) is 9.82. The highest BCUT2D eigenvalue weighted by Crippen LogP contribution is 2.24. The second kappa shape index (κ2) is 6.30. The van der Waals surface area contributed by atoms with E-state index >= 15 is 0 Å². The van der Waals surface area contributed by atoms with Crippen molar-refractivity contribution in [3.8, 4) is 5.75 Å². The number of allylic oxidation sites excluding steroid dienone is 1. The molecule has 3 nitrogen and oxygen atoms in total. The first kappa shape index (κ1) is 13.6. The van der Waals surface area contributed by atoms with E-state index < -0.39 is 0 Å². The quantitative estimate of drug-likeness (QED) is 0.647. The Balaban J connectivity index is 2.68. The summed E-state index contributed by atoms with van der Waals surface area (Å²) in [6.07, 6.45) is 3.60. The van der Waals surface area contributed by atoms with Crippen molar-refractivity contribution < 1.29 is 9.90 Å². The van der Waals surface area contributed by atoms with E-state index in [1.165, 1.54) is 12.1 Å². The minimum absolute atomic E-state index is 0.0162. The number of benzene rings is 1. The number of amides is 1. The fraction of sp³-hybridized carbons (Fsp3) is 0.308. The molecule has 0 aromatic heterocycles. The number of nitrogens with zero attached hydrogens (tertiary/aromatic N) is 1. The van der Waals surface area contributed by atoms with Gasteiger partial charge >= 0.3 is 0 Å². The number of aromatic hydroxyl groups is 1. The Morgan fingerprint density at radius 1 is 1.59 bits per heavy atom. The molecule has 92 valence electrons. The van der Waals surface area contributed by atoms with Crippen molar-refractivity contribution >= 4 is 17.5 Å². The molecule has 0 radical (unpaired) electrons. The average molecular weight is 254 g/mol. The van der Waals surface area contributed by atoms with Crippen LogP contribution in [0.4, 0.5) is 0 Å². The van der Waals surface area contributed by atoms with Gasteiger partial charge in [-0.15, -0.1) is 6.58 Å². The first-order valence-corrected chi connectivity index (χ1v) is 5.79. The van der Waals surface area contributed by atoms with Gasteiger partial charge in [0.2, 0.25) is 0 Å². The highest BCUT2D eigenvalue weighted by atomic mass is 35.5. The molecule has 1 aromatic carbocycles. The lowest BCUT2D eigenvalue weighted by atomic mass is 10.2. The number of halogens is 1. The molecule has 0 unspecified atom stereocenters. The molecular formula is C13H16ClNO2. The van der Waals surface area contributed by atoms with Crippen LogP contribution < -0.4 is 0 Å². The summed E-state index contributed by atoms with van der Waals surface area (Å²) in [5.41, 5.74) is 0.480. The molecule has 0 atom stereocenters. The van der Waals surface area contributed by atoms with E-state index in [1.807, 2.05) is 6.08 Å². The smallest absolute Gasteiger partial charge is 0.253 e. The van der Waals surface area contributed by atoms with Gasteiger partial charge in [0.1, 0.15) is 5.75 Å². The topological polar surface area (TPSA) is 40.5 Å². The van der Waals surface area contributed by atoms with Gasteiger partial charge in [-0.25, -0.2) is 0 Å². The number of phenols is 1. The van der Waals surface area contributed by atoms with E-state index in [9.17, 15) is 9.90 Å². The molecule has 0 aliphatic carbocycles. The molecule has 0 bridgehead atoms. The maximum Gasteiger partial charge on any atom is 0.253 e. The zero-order chi connectivity index (χ0) is 12.8. The van der Waals surface area contributed by atoms with Crippen LogP contribution in [0.2, 0.25) is 5.02 Å². The van der Waals surface area contributed by atoms with E-state index in [-0.39, 0.29) is 16.7 Å². The van der Waals surface area contributed by atoms with Crippen LogP contribution in [0, 0.1) is 0 Å². The summed E-state index contributed by atoms with van der Waals surface area (Å²) in [6, 6.07) is 4.46. The number of rotatable bonds is 5. The lowest BCUT2D eigenvalue weighted by molar-refractivity contribution is 0.0794. The summed E-state index contributed by atoms with van der Waals surface area (Å²) in [5.74, 6) is -0.117. The van der Waals surface area contributed by atoms with Crippen LogP contribution in [0.15, 0.2) is 30.9 Å². The lowest BCUT2D eigenvalue weighted by Crippen LogP contribution is -2.27. The van der Waals surface area contributed by atoms with Gasteiger partial charge in [-0.3, -0.25) is 4.79 Å². The van der Waals surface area contributed by atoms with Crippen molar-refractivity contribution in [2.45, 2.75) is 12.8 Å². The van der Waals surface area contributed by atoms with Gasteiger partial charge in [-0.2, -0.15) is 0 Å². The van der Waals surface area contributed by atoms with Gasteiger partial charge in [0.25, 0.3) is 5.91 Å². The summed E-state index contributed by atoms with van der Waals surface area (Å²) in [5, 5.41) is 9.46.